The van der Waals surface area contributed by atoms with Crippen LogP contribution in [0.5, 0.6) is 0 Å². The Morgan fingerprint density at radius 3 is 2.71 bits per heavy atom. The van der Waals surface area contributed by atoms with Gasteiger partial charge in [0.05, 0.1) is 17.9 Å². The number of primary amides is 1. The van der Waals surface area contributed by atoms with E-state index < -0.39 is 5.91 Å². The highest BCUT2D eigenvalue weighted by atomic mass is 32.1. The molecule has 1 heterocycles. The van der Waals surface area contributed by atoms with Crippen molar-refractivity contribution in [2.24, 2.45) is 5.73 Å². The molecule has 0 aliphatic carbocycles. The molecule has 1 rings (SSSR count). The highest BCUT2D eigenvalue weighted by molar-refractivity contribution is 7.19. The van der Waals surface area contributed by atoms with Crippen molar-refractivity contribution in [2.45, 2.75) is 0 Å². The SMILES string of the molecule is C=CCNC(=O)c1sc(N(C)CCOC)c(C(N)=O)c1N. The maximum Gasteiger partial charge on any atom is 0.263 e. The van der Waals surface area contributed by atoms with Gasteiger partial charge in [0.1, 0.15) is 9.88 Å². The summed E-state index contributed by atoms with van der Waals surface area (Å²) in [5.74, 6) is -1.02. The van der Waals surface area contributed by atoms with Crippen LogP contribution in [0.3, 0.4) is 0 Å². The van der Waals surface area contributed by atoms with Crippen molar-refractivity contribution >= 4 is 33.8 Å². The van der Waals surface area contributed by atoms with Crippen molar-refractivity contribution < 1.29 is 14.3 Å². The molecule has 0 spiro atoms. The molecular formula is C13H20N4O3S. The molecular weight excluding hydrogens is 292 g/mol. The van der Waals surface area contributed by atoms with Crippen molar-refractivity contribution in [2.75, 3.05) is 44.5 Å². The molecule has 0 fully saturated rings. The van der Waals surface area contributed by atoms with Crippen molar-refractivity contribution in [1.29, 1.82) is 0 Å². The minimum atomic E-state index is -0.661. The molecule has 5 N–H and O–H groups in total. The van der Waals surface area contributed by atoms with Crippen LogP contribution in [0.1, 0.15) is 20.0 Å². The first kappa shape index (κ1) is 17.0. The topological polar surface area (TPSA) is 111 Å². The molecule has 1 aromatic heterocycles. The summed E-state index contributed by atoms with van der Waals surface area (Å²) >= 11 is 1.13. The Labute approximate surface area is 127 Å². The number of nitrogen functional groups attached to an aromatic ring is 1. The Morgan fingerprint density at radius 1 is 1.52 bits per heavy atom. The number of amides is 2. The largest absolute Gasteiger partial charge is 0.397 e. The van der Waals surface area contributed by atoms with Crippen LogP contribution in [0.25, 0.3) is 0 Å². The van der Waals surface area contributed by atoms with Crippen LogP contribution >= 0.6 is 11.3 Å². The average Bonchev–Trinajstić information content (AvgIpc) is 2.79. The molecule has 0 unspecified atom stereocenters. The lowest BCUT2D eigenvalue weighted by Gasteiger charge is -2.17. The van der Waals surface area contributed by atoms with Gasteiger partial charge in [-0.3, -0.25) is 9.59 Å². The third-order valence-corrected chi connectivity index (χ3v) is 4.08. The third kappa shape index (κ3) is 3.96. The van der Waals surface area contributed by atoms with Gasteiger partial charge in [-0.25, -0.2) is 0 Å². The second-order valence-corrected chi connectivity index (χ2v) is 5.30. The summed E-state index contributed by atoms with van der Waals surface area (Å²) in [7, 11) is 3.36. The number of nitrogens with zero attached hydrogens (tertiary/aromatic N) is 1. The summed E-state index contributed by atoms with van der Waals surface area (Å²) in [4.78, 5) is 25.7. The van der Waals surface area contributed by atoms with E-state index in [-0.39, 0.29) is 22.0 Å². The first-order valence-corrected chi connectivity index (χ1v) is 7.06. The van der Waals surface area contributed by atoms with Gasteiger partial charge in [0.15, 0.2) is 0 Å². The predicted molar refractivity (Wildman–Crippen MR) is 84.9 cm³/mol. The number of carbonyl (C=O) groups is 2. The first-order valence-electron chi connectivity index (χ1n) is 6.25. The smallest absolute Gasteiger partial charge is 0.263 e. The third-order valence-electron chi connectivity index (χ3n) is 2.76. The lowest BCUT2D eigenvalue weighted by molar-refractivity contribution is 0.0962. The van der Waals surface area contributed by atoms with Gasteiger partial charge < -0.3 is 26.4 Å². The van der Waals surface area contributed by atoms with Crippen molar-refractivity contribution in [3.05, 3.63) is 23.1 Å². The number of likely N-dealkylation sites (N-methyl/N-ethyl adjacent to an activating group) is 1. The summed E-state index contributed by atoms with van der Waals surface area (Å²) < 4.78 is 5.00. The molecule has 0 atom stereocenters. The van der Waals surface area contributed by atoms with E-state index in [0.29, 0.717) is 24.7 Å². The fourth-order valence-electron chi connectivity index (χ4n) is 1.68. The molecule has 1 aromatic rings. The molecule has 21 heavy (non-hydrogen) atoms. The fraction of sp³-hybridized carbons (Fsp3) is 0.385. The number of anilines is 2. The fourth-order valence-corrected chi connectivity index (χ4v) is 2.81. The van der Waals surface area contributed by atoms with Crippen LogP contribution in [-0.4, -0.2) is 45.7 Å². The van der Waals surface area contributed by atoms with Gasteiger partial charge in [-0.2, -0.15) is 0 Å². The molecule has 7 nitrogen and oxygen atoms in total. The molecule has 0 bridgehead atoms. The monoisotopic (exact) mass is 312 g/mol. The van der Waals surface area contributed by atoms with Crippen LogP contribution < -0.4 is 21.7 Å². The summed E-state index contributed by atoms with van der Waals surface area (Å²) in [6, 6.07) is 0. The van der Waals surface area contributed by atoms with Crippen molar-refractivity contribution in [3.8, 4) is 0 Å². The lowest BCUT2D eigenvalue weighted by atomic mass is 10.2. The number of rotatable bonds is 8. The number of thiophene rings is 1. The van der Waals surface area contributed by atoms with Gasteiger partial charge >= 0.3 is 0 Å². The number of nitrogens with one attached hydrogen (secondary N) is 1. The van der Waals surface area contributed by atoms with Gasteiger partial charge in [-0.05, 0) is 0 Å². The quantitative estimate of drug-likeness (QED) is 0.603. The Morgan fingerprint density at radius 2 is 2.19 bits per heavy atom. The van der Waals surface area contributed by atoms with Crippen LogP contribution in [0.4, 0.5) is 10.7 Å². The molecule has 116 valence electrons. The first-order chi connectivity index (χ1) is 9.93. The van der Waals surface area contributed by atoms with E-state index in [1.165, 1.54) is 0 Å². The van der Waals surface area contributed by atoms with Gasteiger partial charge in [-0.1, -0.05) is 6.08 Å². The minimum absolute atomic E-state index is 0.105. The van der Waals surface area contributed by atoms with Crippen LogP contribution in [0, 0.1) is 0 Å². The summed E-state index contributed by atoms with van der Waals surface area (Å²) in [6.45, 7) is 4.86. The second kappa shape index (κ2) is 7.65. The van der Waals surface area contributed by atoms with E-state index in [4.69, 9.17) is 16.2 Å². The Hall–Kier alpha value is -2.06. The van der Waals surface area contributed by atoms with Gasteiger partial charge in [0, 0.05) is 27.2 Å². The molecule has 0 aliphatic heterocycles. The molecule has 0 saturated heterocycles. The van der Waals surface area contributed by atoms with Crippen molar-refractivity contribution in [3.63, 3.8) is 0 Å². The Kier molecular flexibility index (Phi) is 6.19. The van der Waals surface area contributed by atoms with Crippen LogP contribution in [0.2, 0.25) is 0 Å². The molecule has 8 heteroatoms. The molecule has 0 aliphatic rings. The Bertz CT molecular complexity index is 542. The molecule has 0 radical (unpaired) electrons. The highest BCUT2D eigenvalue weighted by Crippen LogP contribution is 2.37. The standard InChI is InChI=1S/C13H20N4O3S/c1-4-5-16-12(19)10-9(14)8(11(15)18)13(21-10)17(2)6-7-20-3/h4H,1,5-7,14H2,2-3H3,(H2,15,18)(H,16,19). The minimum Gasteiger partial charge on any atom is -0.397 e. The van der Waals surface area contributed by atoms with E-state index in [1.807, 2.05) is 0 Å². The van der Waals surface area contributed by atoms with Gasteiger partial charge in [0.25, 0.3) is 11.8 Å². The van der Waals surface area contributed by atoms with Crippen LogP contribution in [-0.2, 0) is 4.74 Å². The predicted octanol–water partition coefficient (Wildman–Crippen LogP) is 0.428. The van der Waals surface area contributed by atoms with E-state index in [9.17, 15) is 9.59 Å². The van der Waals surface area contributed by atoms with E-state index in [2.05, 4.69) is 11.9 Å². The van der Waals surface area contributed by atoms with Gasteiger partial charge in [-0.15, -0.1) is 17.9 Å². The average molecular weight is 312 g/mol. The number of carbonyl (C=O) groups excluding carboxylic acids is 2. The zero-order valence-electron chi connectivity index (χ0n) is 12.1. The van der Waals surface area contributed by atoms with Crippen molar-refractivity contribution in [1.82, 2.24) is 5.32 Å². The molecule has 0 saturated carbocycles. The number of methoxy groups -OCH3 is 1. The number of hydrogen-bond donors (Lipinski definition) is 3. The van der Waals surface area contributed by atoms with E-state index in [0.717, 1.165) is 11.3 Å². The van der Waals surface area contributed by atoms with Gasteiger partial charge in [0.2, 0.25) is 0 Å². The lowest BCUT2D eigenvalue weighted by Crippen LogP contribution is -2.24. The maximum absolute atomic E-state index is 12.0. The van der Waals surface area contributed by atoms with Crippen LogP contribution in [0.15, 0.2) is 12.7 Å². The Balaban J connectivity index is 3.15. The normalized spacial score (nSPS) is 10.2. The van der Waals surface area contributed by atoms with E-state index >= 15 is 0 Å². The number of nitrogens with two attached hydrogens (primary N) is 2. The summed E-state index contributed by atoms with van der Waals surface area (Å²) in [5, 5.41) is 3.19. The molecule has 0 aromatic carbocycles. The second-order valence-electron chi connectivity index (χ2n) is 4.30. The summed E-state index contributed by atoms with van der Waals surface area (Å²) in [5.41, 5.74) is 11.6. The number of ether oxygens (including phenoxy) is 1. The maximum atomic E-state index is 12.0. The highest BCUT2D eigenvalue weighted by Gasteiger charge is 2.25. The zero-order chi connectivity index (χ0) is 16.0. The zero-order valence-corrected chi connectivity index (χ0v) is 13.0. The summed E-state index contributed by atoms with van der Waals surface area (Å²) in [6.07, 6.45) is 1.56. The van der Waals surface area contributed by atoms with E-state index in [1.54, 1.807) is 25.1 Å². The molecule has 2 amide bonds. The number of hydrogen-bond acceptors (Lipinski definition) is 6.